The molecule has 1 aliphatic rings. The molecule has 0 amide bonds. The number of quaternary nitrogens is 2. The molecule has 128 valence electrons. The molecule has 3 N–H and O–H groups in total. The first-order valence-electron chi connectivity index (χ1n) is 8.31. The summed E-state index contributed by atoms with van der Waals surface area (Å²) in [5.74, 6) is 0.269. The van der Waals surface area contributed by atoms with E-state index in [1.54, 1.807) is 22.1 Å². The molecule has 24 heavy (non-hydrogen) atoms. The second-order valence-electron chi connectivity index (χ2n) is 6.38. The number of aromatic hydroxyl groups is 1. The van der Waals surface area contributed by atoms with Crippen molar-refractivity contribution in [3.8, 4) is 5.75 Å². The lowest BCUT2D eigenvalue weighted by molar-refractivity contribution is -1.02. The third-order valence-corrected chi connectivity index (χ3v) is 6.11. The smallest absolute Gasteiger partial charge is 0.142 e. The van der Waals surface area contributed by atoms with E-state index in [0.717, 1.165) is 16.6 Å². The number of piperazine rings is 1. The predicted molar refractivity (Wildman–Crippen MR) is 103 cm³/mol. The topological polar surface area (TPSA) is 41.5 Å². The maximum atomic E-state index is 9.94. The molecule has 0 spiro atoms. The van der Waals surface area contributed by atoms with E-state index in [-0.39, 0.29) is 5.75 Å². The normalized spacial score (nSPS) is 22.8. The van der Waals surface area contributed by atoms with Gasteiger partial charge in [0, 0.05) is 16.3 Å². The number of phenols is 1. The summed E-state index contributed by atoms with van der Waals surface area (Å²) in [5.41, 5.74) is 0.757. The zero-order chi connectivity index (χ0) is 16.9. The maximum Gasteiger partial charge on any atom is 0.142 e. The second-order valence-corrected chi connectivity index (χ2v) is 8.28. The standard InChI is InChI=1S/C18H22BrN3OS/c1-21-6-8-22(9-7-21)16(18-3-2-10-24-18)13-20-12-14-11-15(19)4-5-17(14)23/h2-5,10-12,16,23H,6-9,13H2,1H3/p+2/t16-/m1/s1. The second kappa shape index (κ2) is 8.25. The van der Waals surface area contributed by atoms with E-state index in [4.69, 9.17) is 0 Å². The molecule has 0 unspecified atom stereocenters. The van der Waals surface area contributed by atoms with Crippen molar-refractivity contribution in [3.63, 3.8) is 0 Å². The van der Waals surface area contributed by atoms with Gasteiger partial charge in [-0.3, -0.25) is 4.99 Å². The van der Waals surface area contributed by atoms with Gasteiger partial charge >= 0.3 is 0 Å². The van der Waals surface area contributed by atoms with Crippen molar-refractivity contribution >= 4 is 33.5 Å². The minimum atomic E-state index is 0.269. The van der Waals surface area contributed by atoms with Crippen molar-refractivity contribution in [2.24, 2.45) is 4.99 Å². The number of nitrogens with zero attached hydrogens (tertiary/aromatic N) is 1. The average molecular weight is 410 g/mol. The number of rotatable bonds is 5. The van der Waals surface area contributed by atoms with E-state index in [9.17, 15) is 5.11 Å². The number of halogens is 1. The van der Waals surface area contributed by atoms with Crippen molar-refractivity contribution in [3.05, 3.63) is 50.6 Å². The Balaban J connectivity index is 1.72. The molecule has 1 saturated heterocycles. The van der Waals surface area contributed by atoms with Crippen LogP contribution >= 0.6 is 27.3 Å². The van der Waals surface area contributed by atoms with E-state index >= 15 is 0 Å². The molecule has 0 radical (unpaired) electrons. The maximum absolute atomic E-state index is 9.94. The van der Waals surface area contributed by atoms with E-state index in [1.165, 1.54) is 31.1 Å². The van der Waals surface area contributed by atoms with Gasteiger partial charge in [-0.15, -0.1) is 11.3 Å². The summed E-state index contributed by atoms with van der Waals surface area (Å²) >= 11 is 5.26. The molecule has 0 aliphatic carbocycles. The van der Waals surface area contributed by atoms with Crippen molar-refractivity contribution in [1.82, 2.24) is 0 Å². The predicted octanol–water partition coefficient (Wildman–Crippen LogP) is 0.790. The van der Waals surface area contributed by atoms with Gasteiger partial charge < -0.3 is 14.9 Å². The minimum Gasteiger partial charge on any atom is -0.507 e. The highest BCUT2D eigenvalue weighted by atomic mass is 79.9. The zero-order valence-corrected chi connectivity index (χ0v) is 16.2. The van der Waals surface area contributed by atoms with E-state index in [0.29, 0.717) is 6.04 Å². The van der Waals surface area contributed by atoms with Crippen molar-refractivity contribution in [1.29, 1.82) is 0 Å². The van der Waals surface area contributed by atoms with E-state index in [1.807, 2.05) is 23.5 Å². The van der Waals surface area contributed by atoms with Crippen LogP contribution < -0.4 is 9.80 Å². The van der Waals surface area contributed by atoms with Gasteiger partial charge in [0.1, 0.15) is 38.0 Å². The van der Waals surface area contributed by atoms with Crippen LogP contribution in [0.5, 0.6) is 5.75 Å². The Morgan fingerprint density at radius 1 is 1.29 bits per heavy atom. The van der Waals surface area contributed by atoms with Crippen molar-refractivity contribution < 1.29 is 14.9 Å². The Bertz CT molecular complexity index is 682. The Hall–Kier alpha value is -1.21. The van der Waals surface area contributed by atoms with Gasteiger partial charge in [0.2, 0.25) is 0 Å². The highest BCUT2D eigenvalue weighted by Gasteiger charge is 2.29. The molecule has 1 aromatic heterocycles. The van der Waals surface area contributed by atoms with Gasteiger partial charge in [0.15, 0.2) is 0 Å². The van der Waals surface area contributed by atoms with Crippen LogP contribution in [0, 0.1) is 0 Å². The third kappa shape index (κ3) is 4.45. The Morgan fingerprint density at radius 2 is 2.08 bits per heavy atom. The van der Waals surface area contributed by atoms with Gasteiger partial charge in [-0.05, 0) is 29.6 Å². The number of phenolic OH excluding ortho intramolecular Hbond substituents is 1. The van der Waals surface area contributed by atoms with Crippen LogP contribution in [-0.2, 0) is 0 Å². The number of hydrogen-bond acceptors (Lipinski definition) is 3. The number of thiophene rings is 1. The van der Waals surface area contributed by atoms with Gasteiger partial charge in [0.25, 0.3) is 0 Å². The van der Waals surface area contributed by atoms with Crippen LogP contribution in [0.4, 0.5) is 0 Å². The summed E-state index contributed by atoms with van der Waals surface area (Å²) in [5, 5.41) is 12.1. The van der Waals surface area contributed by atoms with Gasteiger partial charge in [-0.2, -0.15) is 0 Å². The first-order chi connectivity index (χ1) is 11.6. The Morgan fingerprint density at radius 3 is 2.79 bits per heavy atom. The first kappa shape index (κ1) is 17.6. The van der Waals surface area contributed by atoms with E-state index in [2.05, 4.69) is 45.5 Å². The van der Waals surface area contributed by atoms with E-state index < -0.39 is 0 Å². The van der Waals surface area contributed by atoms with Gasteiger partial charge in [-0.25, -0.2) is 0 Å². The zero-order valence-electron chi connectivity index (χ0n) is 13.8. The summed E-state index contributed by atoms with van der Waals surface area (Å²) in [6.07, 6.45) is 1.79. The number of hydrogen-bond donors (Lipinski definition) is 3. The molecule has 3 rings (SSSR count). The lowest BCUT2D eigenvalue weighted by atomic mass is 10.1. The lowest BCUT2D eigenvalue weighted by Crippen LogP contribution is -3.27. The molecule has 1 atom stereocenters. The fourth-order valence-electron chi connectivity index (χ4n) is 3.14. The molecule has 6 heteroatoms. The molecule has 2 aromatic rings. The molecule has 1 aliphatic heterocycles. The molecule has 2 heterocycles. The first-order valence-corrected chi connectivity index (χ1v) is 9.98. The van der Waals surface area contributed by atoms with Crippen molar-refractivity contribution in [2.75, 3.05) is 39.8 Å². The summed E-state index contributed by atoms with van der Waals surface area (Å²) in [4.78, 5) is 9.31. The van der Waals surface area contributed by atoms with Crippen LogP contribution in [0.1, 0.15) is 16.5 Å². The molecule has 1 aromatic carbocycles. The Labute approximate surface area is 155 Å². The summed E-state index contributed by atoms with van der Waals surface area (Å²) in [6.45, 7) is 5.56. The largest absolute Gasteiger partial charge is 0.507 e. The SMILES string of the molecule is C[NH+]1CC[NH+]([C@H](CN=Cc2cc(Br)ccc2O)c2cccs2)CC1. The number of nitrogens with one attached hydrogen (secondary N) is 2. The molecule has 0 saturated carbocycles. The summed E-state index contributed by atoms with van der Waals surface area (Å²) < 4.78 is 0.948. The van der Waals surface area contributed by atoms with Crippen LogP contribution in [0.25, 0.3) is 0 Å². The summed E-state index contributed by atoms with van der Waals surface area (Å²) in [7, 11) is 2.27. The van der Waals surface area contributed by atoms with Crippen molar-refractivity contribution in [2.45, 2.75) is 6.04 Å². The van der Waals surface area contributed by atoms with Crippen LogP contribution in [0.3, 0.4) is 0 Å². The highest BCUT2D eigenvalue weighted by Crippen LogP contribution is 2.21. The summed E-state index contributed by atoms with van der Waals surface area (Å²) in [6, 6.07) is 10.2. The lowest BCUT2D eigenvalue weighted by Gasteiger charge is -2.32. The number of benzene rings is 1. The van der Waals surface area contributed by atoms with Gasteiger partial charge in [0.05, 0.1) is 18.5 Å². The average Bonchev–Trinajstić information content (AvgIpc) is 3.10. The van der Waals surface area contributed by atoms with Gasteiger partial charge in [-0.1, -0.05) is 22.0 Å². The molecular formula is C18H24BrN3OS+2. The molecule has 4 nitrogen and oxygen atoms in total. The van der Waals surface area contributed by atoms with Crippen LogP contribution in [-0.4, -0.2) is 51.1 Å². The van der Waals surface area contributed by atoms with Crippen LogP contribution in [0.15, 0.2) is 45.2 Å². The molecular weight excluding hydrogens is 386 g/mol. The third-order valence-electron chi connectivity index (χ3n) is 4.63. The fraction of sp³-hybridized carbons (Fsp3) is 0.389. The molecule has 0 bridgehead atoms. The quantitative estimate of drug-likeness (QED) is 0.627. The number of aliphatic imine (C=N–C) groups is 1. The van der Waals surface area contributed by atoms with Crippen LogP contribution in [0.2, 0.25) is 0 Å². The Kier molecular flexibility index (Phi) is 6.05. The highest BCUT2D eigenvalue weighted by molar-refractivity contribution is 9.10. The minimum absolute atomic E-state index is 0.269. The number of likely N-dealkylation sites (N-methyl/N-ethyl adjacent to an activating group) is 1. The monoisotopic (exact) mass is 409 g/mol. The molecule has 1 fully saturated rings. The fourth-order valence-corrected chi connectivity index (χ4v) is 4.40.